The summed E-state index contributed by atoms with van der Waals surface area (Å²) in [6, 6.07) is 20.6. The molecule has 2 N–H and O–H groups in total. The van der Waals surface area contributed by atoms with Gasteiger partial charge in [-0.1, -0.05) is 30.3 Å². The summed E-state index contributed by atoms with van der Waals surface area (Å²) in [5.41, 5.74) is 2.94. The van der Waals surface area contributed by atoms with E-state index in [0.29, 0.717) is 6.54 Å². The van der Waals surface area contributed by atoms with E-state index in [0.717, 1.165) is 22.6 Å². The highest BCUT2D eigenvalue weighted by Gasteiger charge is 2.08. The van der Waals surface area contributed by atoms with Crippen molar-refractivity contribution < 1.29 is 19.0 Å². The Hall–Kier alpha value is -3.34. The predicted molar refractivity (Wildman–Crippen MR) is 103 cm³/mol. The Kier molecular flexibility index (Phi) is 5.71. The third-order valence-corrected chi connectivity index (χ3v) is 4.18. The average molecular weight is 365 g/mol. The topological polar surface area (TPSA) is 58.6 Å². The molecule has 0 fully saturated rings. The van der Waals surface area contributed by atoms with Gasteiger partial charge in [0.05, 0.1) is 5.56 Å². The number of halogens is 1. The number of hydrogen-bond donors (Lipinski definition) is 2. The summed E-state index contributed by atoms with van der Waals surface area (Å²) in [7, 11) is 0. The number of ether oxygens (including phenoxy) is 1. The third-order valence-electron chi connectivity index (χ3n) is 4.18. The Bertz CT molecular complexity index is 908. The highest BCUT2D eigenvalue weighted by molar-refractivity contribution is 5.88. The molecule has 0 unspecified atom stereocenters. The van der Waals surface area contributed by atoms with Gasteiger partial charge in [-0.25, -0.2) is 9.18 Å². The number of carboxylic acids is 1. The maximum Gasteiger partial charge on any atom is 0.335 e. The fourth-order valence-electron chi connectivity index (χ4n) is 2.66. The number of carbonyl (C=O) groups is 1. The van der Waals surface area contributed by atoms with Gasteiger partial charge in [-0.3, -0.25) is 0 Å². The molecule has 0 saturated carbocycles. The summed E-state index contributed by atoms with van der Waals surface area (Å²) in [6.07, 6.45) is -0.187. The summed E-state index contributed by atoms with van der Waals surface area (Å²) in [4.78, 5) is 11.0. The van der Waals surface area contributed by atoms with E-state index >= 15 is 0 Å². The van der Waals surface area contributed by atoms with Crippen LogP contribution >= 0.6 is 0 Å². The van der Waals surface area contributed by atoms with Gasteiger partial charge in [0, 0.05) is 12.2 Å². The molecule has 0 radical (unpaired) electrons. The first kappa shape index (κ1) is 18.5. The largest absolute Gasteiger partial charge is 0.486 e. The van der Waals surface area contributed by atoms with Crippen molar-refractivity contribution in [3.05, 3.63) is 95.3 Å². The van der Waals surface area contributed by atoms with Crippen LogP contribution in [0.25, 0.3) is 0 Å². The fraction of sp³-hybridized carbons (Fsp3) is 0.136. The molecule has 0 heterocycles. The lowest BCUT2D eigenvalue weighted by Gasteiger charge is -2.15. The maximum absolute atomic E-state index is 13.0. The van der Waals surface area contributed by atoms with Crippen LogP contribution in [0.2, 0.25) is 0 Å². The first-order chi connectivity index (χ1) is 13.0. The van der Waals surface area contributed by atoms with Crippen LogP contribution in [0.3, 0.4) is 0 Å². The number of nitrogens with one attached hydrogen (secondary N) is 1. The van der Waals surface area contributed by atoms with E-state index in [2.05, 4.69) is 5.32 Å². The molecule has 0 spiro atoms. The van der Waals surface area contributed by atoms with Crippen molar-refractivity contribution in [2.45, 2.75) is 19.6 Å². The van der Waals surface area contributed by atoms with Crippen molar-refractivity contribution >= 4 is 11.7 Å². The second-order valence-corrected chi connectivity index (χ2v) is 6.20. The van der Waals surface area contributed by atoms with Crippen LogP contribution in [-0.4, -0.2) is 11.1 Å². The second kappa shape index (κ2) is 8.36. The van der Waals surface area contributed by atoms with Crippen LogP contribution in [0, 0.1) is 5.82 Å². The van der Waals surface area contributed by atoms with E-state index in [1.54, 1.807) is 30.3 Å². The van der Waals surface area contributed by atoms with Crippen molar-refractivity contribution in [1.82, 2.24) is 0 Å². The van der Waals surface area contributed by atoms with Gasteiger partial charge >= 0.3 is 5.97 Å². The molecule has 27 heavy (non-hydrogen) atoms. The molecule has 5 heteroatoms. The van der Waals surface area contributed by atoms with Crippen LogP contribution in [-0.2, 0) is 6.54 Å². The Morgan fingerprint density at radius 3 is 2.44 bits per heavy atom. The van der Waals surface area contributed by atoms with Gasteiger partial charge in [-0.05, 0) is 60.5 Å². The van der Waals surface area contributed by atoms with Gasteiger partial charge in [-0.2, -0.15) is 0 Å². The van der Waals surface area contributed by atoms with Gasteiger partial charge in [0.1, 0.15) is 17.7 Å². The molecule has 0 saturated heterocycles. The number of rotatable bonds is 7. The molecule has 0 aliphatic carbocycles. The van der Waals surface area contributed by atoms with Gasteiger partial charge in [0.2, 0.25) is 0 Å². The molecule has 0 aliphatic rings. The third kappa shape index (κ3) is 5.07. The van der Waals surface area contributed by atoms with Crippen LogP contribution in [0.1, 0.15) is 34.5 Å². The lowest BCUT2D eigenvalue weighted by molar-refractivity contribution is 0.0697. The molecule has 138 valence electrons. The predicted octanol–water partition coefficient (Wildman–Crippen LogP) is 5.28. The molecular weight excluding hydrogens is 345 g/mol. The van der Waals surface area contributed by atoms with Crippen LogP contribution < -0.4 is 10.1 Å². The molecule has 4 nitrogen and oxygen atoms in total. The SMILES string of the molecule is C[C@@H](Oc1ccc(CNc2cccc(C(=O)O)c2)cc1)c1ccc(F)cc1. The molecule has 1 atom stereocenters. The number of carboxylic acid groups (broad SMARTS) is 1. The fourth-order valence-corrected chi connectivity index (χ4v) is 2.66. The summed E-state index contributed by atoms with van der Waals surface area (Å²) in [6.45, 7) is 2.48. The van der Waals surface area contributed by atoms with Gasteiger partial charge < -0.3 is 15.2 Å². The molecule has 0 aromatic heterocycles. The summed E-state index contributed by atoms with van der Waals surface area (Å²) in [5.74, 6) is -0.490. The Morgan fingerprint density at radius 1 is 1.07 bits per heavy atom. The van der Waals surface area contributed by atoms with Crippen molar-refractivity contribution in [3.63, 3.8) is 0 Å². The van der Waals surface area contributed by atoms with E-state index in [-0.39, 0.29) is 17.5 Å². The van der Waals surface area contributed by atoms with Crippen molar-refractivity contribution in [1.29, 1.82) is 0 Å². The Labute approximate surface area is 157 Å². The van der Waals surface area contributed by atoms with E-state index in [9.17, 15) is 9.18 Å². The lowest BCUT2D eigenvalue weighted by Crippen LogP contribution is -2.04. The molecule has 0 amide bonds. The number of benzene rings is 3. The van der Waals surface area contributed by atoms with Gasteiger partial charge in [-0.15, -0.1) is 0 Å². The Morgan fingerprint density at radius 2 is 1.78 bits per heavy atom. The van der Waals surface area contributed by atoms with E-state index in [1.165, 1.54) is 12.1 Å². The smallest absolute Gasteiger partial charge is 0.335 e. The Balaban J connectivity index is 1.58. The van der Waals surface area contributed by atoms with E-state index in [1.807, 2.05) is 37.3 Å². The molecule has 0 aliphatic heterocycles. The number of hydrogen-bond acceptors (Lipinski definition) is 3. The minimum atomic E-state index is -0.949. The van der Waals surface area contributed by atoms with Crippen molar-refractivity contribution in [3.8, 4) is 5.75 Å². The molecule has 0 bridgehead atoms. The van der Waals surface area contributed by atoms with Gasteiger partial charge in [0.25, 0.3) is 0 Å². The molecule has 3 rings (SSSR count). The molecular formula is C22H20FNO3. The summed E-state index contributed by atoms with van der Waals surface area (Å²) < 4.78 is 18.9. The van der Waals surface area contributed by atoms with Crippen LogP contribution in [0.4, 0.5) is 10.1 Å². The van der Waals surface area contributed by atoms with Crippen molar-refractivity contribution in [2.24, 2.45) is 0 Å². The van der Waals surface area contributed by atoms with Crippen LogP contribution in [0.15, 0.2) is 72.8 Å². The van der Waals surface area contributed by atoms with Gasteiger partial charge in [0.15, 0.2) is 0 Å². The zero-order valence-corrected chi connectivity index (χ0v) is 14.9. The maximum atomic E-state index is 13.0. The normalized spacial score (nSPS) is 11.6. The second-order valence-electron chi connectivity index (χ2n) is 6.20. The minimum absolute atomic E-state index is 0.187. The standard InChI is InChI=1S/C22H20FNO3/c1-15(17-7-9-19(23)10-8-17)27-21-11-5-16(6-12-21)14-24-20-4-2-3-18(13-20)22(25)26/h2-13,15,24H,14H2,1H3,(H,25,26)/t15-/m1/s1. The van der Waals surface area contributed by atoms with Crippen molar-refractivity contribution in [2.75, 3.05) is 5.32 Å². The first-order valence-electron chi connectivity index (χ1n) is 8.59. The van der Waals surface area contributed by atoms with E-state index < -0.39 is 5.97 Å². The average Bonchev–Trinajstić information content (AvgIpc) is 2.68. The monoisotopic (exact) mass is 365 g/mol. The van der Waals surface area contributed by atoms with Crippen LogP contribution in [0.5, 0.6) is 5.75 Å². The minimum Gasteiger partial charge on any atom is -0.486 e. The number of anilines is 1. The lowest BCUT2D eigenvalue weighted by atomic mass is 10.1. The van der Waals surface area contributed by atoms with E-state index in [4.69, 9.17) is 9.84 Å². The molecule has 3 aromatic rings. The quantitative estimate of drug-likeness (QED) is 0.598. The summed E-state index contributed by atoms with van der Waals surface area (Å²) in [5, 5.41) is 12.2. The number of aromatic carboxylic acids is 1. The zero-order chi connectivity index (χ0) is 19.2. The highest BCUT2D eigenvalue weighted by atomic mass is 19.1. The summed E-state index contributed by atoms with van der Waals surface area (Å²) >= 11 is 0. The first-order valence-corrected chi connectivity index (χ1v) is 8.59. The highest BCUT2D eigenvalue weighted by Crippen LogP contribution is 2.22. The molecule has 3 aromatic carbocycles. The zero-order valence-electron chi connectivity index (χ0n) is 14.9.